The average Bonchev–Trinajstić information content (AvgIpc) is 3.11. The molecular formula is C22H17ClFN5O3. The number of anilines is 2. The molecule has 8 nitrogen and oxygen atoms in total. The van der Waals surface area contributed by atoms with Crippen LogP contribution in [-0.4, -0.2) is 26.1 Å². The zero-order chi connectivity index (χ0) is 22.4. The summed E-state index contributed by atoms with van der Waals surface area (Å²) in [5, 5.41) is 15.4. The lowest BCUT2D eigenvalue weighted by molar-refractivity contribution is -0.387. The minimum atomic E-state index is -0.900. The Bertz CT molecular complexity index is 1390. The number of aryl methyl sites for hydroxylation is 1. The number of nitro groups is 1. The third-order valence-corrected chi connectivity index (χ3v) is 5.77. The summed E-state index contributed by atoms with van der Waals surface area (Å²) in [6, 6.07) is 10.2. The van der Waals surface area contributed by atoms with E-state index in [-0.39, 0.29) is 5.95 Å². The quantitative estimate of drug-likeness (QED) is 0.329. The number of nitrogens with one attached hydrogen (secondary N) is 1. The van der Waals surface area contributed by atoms with Crippen LogP contribution in [0, 0.1) is 22.9 Å². The normalized spacial score (nSPS) is 13.2. The van der Waals surface area contributed by atoms with Crippen LogP contribution in [0.3, 0.4) is 0 Å². The standard InChI is InChI=1S/C22H17ClFN5O3/c1-12-8-15(24)18(29(30)31)9-16(12)26-22-25-10-14(23)21(27-22)20-13-4-2-3-5-17(13)28-6-7-32-11-19(20)28/h2-5,8-10H,6-7,11H2,1H3,(H,25,26,27). The highest BCUT2D eigenvalue weighted by Gasteiger charge is 2.24. The number of benzene rings is 2. The van der Waals surface area contributed by atoms with Gasteiger partial charge in [0.2, 0.25) is 11.8 Å². The number of ether oxygens (including phenoxy) is 1. The Labute approximate surface area is 186 Å². The Kier molecular flexibility index (Phi) is 4.99. The van der Waals surface area contributed by atoms with Crippen LogP contribution in [0.2, 0.25) is 5.02 Å². The fourth-order valence-electron chi connectivity index (χ4n) is 4.01. The summed E-state index contributed by atoms with van der Waals surface area (Å²) in [5.74, 6) is -0.711. The molecule has 0 aliphatic carbocycles. The third kappa shape index (κ3) is 3.35. The van der Waals surface area contributed by atoms with Gasteiger partial charge in [0.15, 0.2) is 0 Å². The molecule has 0 amide bonds. The molecule has 32 heavy (non-hydrogen) atoms. The van der Waals surface area contributed by atoms with E-state index in [2.05, 4.69) is 19.9 Å². The van der Waals surface area contributed by atoms with E-state index < -0.39 is 16.4 Å². The van der Waals surface area contributed by atoms with Crippen molar-refractivity contribution >= 4 is 39.8 Å². The van der Waals surface area contributed by atoms with Gasteiger partial charge in [-0.15, -0.1) is 0 Å². The number of aromatic nitrogens is 3. The van der Waals surface area contributed by atoms with Crippen molar-refractivity contribution < 1.29 is 14.1 Å². The molecule has 10 heteroatoms. The number of hydrogen-bond acceptors (Lipinski definition) is 6. The summed E-state index contributed by atoms with van der Waals surface area (Å²) in [6.45, 7) is 3.41. The van der Waals surface area contributed by atoms with Gasteiger partial charge in [0.1, 0.15) is 0 Å². The van der Waals surface area contributed by atoms with Crippen LogP contribution in [0.4, 0.5) is 21.7 Å². The van der Waals surface area contributed by atoms with Crippen LogP contribution < -0.4 is 5.32 Å². The number of nitro benzene ring substituents is 1. The Morgan fingerprint density at radius 3 is 2.94 bits per heavy atom. The lowest BCUT2D eigenvalue weighted by Gasteiger charge is -2.18. The van der Waals surface area contributed by atoms with Gasteiger partial charge in [0.05, 0.1) is 46.4 Å². The van der Waals surface area contributed by atoms with E-state index in [1.807, 2.05) is 24.3 Å². The average molecular weight is 454 g/mol. The van der Waals surface area contributed by atoms with Gasteiger partial charge in [-0.05, 0) is 24.6 Å². The maximum absolute atomic E-state index is 13.9. The molecule has 2 aromatic carbocycles. The molecule has 5 rings (SSSR count). The van der Waals surface area contributed by atoms with Gasteiger partial charge < -0.3 is 14.6 Å². The number of halogens is 2. The number of para-hydroxylation sites is 1. The fraction of sp³-hybridized carbons (Fsp3) is 0.182. The van der Waals surface area contributed by atoms with E-state index in [0.29, 0.717) is 35.2 Å². The summed E-state index contributed by atoms with van der Waals surface area (Å²) in [7, 11) is 0. The fourth-order valence-corrected chi connectivity index (χ4v) is 4.20. The predicted molar refractivity (Wildman–Crippen MR) is 119 cm³/mol. The molecule has 0 saturated carbocycles. The van der Waals surface area contributed by atoms with E-state index in [9.17, 15) is 14.5 Å². The Morgan fingerprint density at radius 2 is 2.12 bits per heavy atom. The van der Waals surface area contributed by atoms with E-state index in [4.69, 9.17) is 16.3 Å². The second-order valence-corrected chi connectivity index (χ2v) is 7.84. The first-order valence-corrected chi connectivity index (χ1v) is 10.2. The lowest BCUT2D eigenvalue weighted by atomic mass is 10.1. The van der Waals surface area contributed by atoms with Crippen molar-refractivity contribution in [3.8, 4) is 11.3 Å². The maximum Gasteiger partial charge on any atom is 0.306 e. The minimum absolute atomic E-state index is 0.189. The third-order valence-electron chi connectivity index (χ3n) is 5.49. The second-order valence-electron chi connectivity index (χ2n) is 7.43. The number of hydrogen-bond donors (Lipinski definition) is 1. The van der Waals surface area contributed by atoms with Gasteiger partial charge in [-0.2, -0.15) is 4.39 Å². The zero-order valence-corrected chi connectivity index (χ0v) is 17.7. The summed E-state index contributed by atoms with van der Waals surface area (Å²) < 4.78 is 21.8. The van der Waals surface area contributed by atoms with Crippen molar-refractivity contribution in [1.82, 2.24) is 14.5 Å². The first-order chi connectivity index (χ1) is 15.4. The van der Waals surface area contributed by atoms with Crippen molar-refractivity contribution in [2.45, 2.75) is 20.1 Å². The molecule has 0 bridgehead atoms. The van der Waals surface area contributed by atoms with Gasteiger partial charge in [0.25, 0.3) is 0 Å². The first kappa shape index (κ1) is 20.3. The number of fused-ring (bicyclic) bond motifs is 3. The SMILES string of the molecule is Cc1cc(F)c([N+](=O)[O-])cc1Nc1ncc(Cl)c(-c2c3n(c4ccccc24)CCOC3)n1. The second kappa shape index (κ2) is 7.85. The molecule has 2 aromatic heterocycles. The predicted octanol–water partition coefficient (Wildman–Crippen LogP) is 5.38. The molecule has 4 aromatic rings. The molecule has 0 fully saturated rings. The monoisotopic (exact) mass is 453 g/mol. The Balaban J connectivity index is 1.63. The van der Waals surface area contributed by atoms with Crippen LogP contribution >= 0.6 is 11.6 Å². The molecule has 1 N–H and O–H groups in total. The smallest absolute Gasteiger partial charge is 0.306 e. The van der Waals surface area contributed by atoms with Crippen molar-refractivity contribution in [3.05, 3.63) is 74.8 Å². The first-order valence-electron chi connectivity index (χ1n) is 9.86. The Hall–Kier alpha value is -3.56. The molecule has 0 unspecified atom stereocenters. The van der Waals surface area contributed by atoms with E-state index in [1.54, 1.807) is 6.92 Å². The number of rotatable bonds is 4. The molecule has 0 saturated heterocycles. The highest BCUT2D eigenvalue weighted by molar-refractivity contribution is 6.33. The van der Waals surface area contributed by atoms with Gasteiger partial charge in [-0.25, -0.2) is 9.97 Å². The van der Waals surface area contributed by atoms with Crippen molar-refractivity contribution in [1.29, 1.82) is 0 Å². The van der Waals surface area contributed by atoms with Crippen molar-refractivity contribution in [2.24, 2.45) is 0 Å². The van der Waals surface area contributed by atoms with Crippen LogP contribution in [0.1, 0.15) is 11.3 Å². The van der Waals surface area contributed by atoms with Crippen molar-refractivity contribution in [3.63, 3.8) is 0 Å². The molecule has 0 spiro atoms. The van der Waals surface area contributed by atoms with Crippen LogP contribution in [0.15, 0.2) is 42.6 Å². The largest absolute Gasteiger partial charge is 0.373 e. The lowest BCUT2D eigenvalue weighted by Crippen LogP contribution is -2.16. The van der Waals surface area contributed by atoms with Crippen molar-refractivity contribution in [2.75, 3.05) is 11.9 Å². The summed E-state index contributed by atoms with van der Waals surface area (Å²) in [4.78, 5) is 19.2. The highest BCUT2D eigenvalue weighted by Crippen LogP contribution is 2.39. The molecule has 3 heterocycles. The molecule has 162 valence electrons. The summed E-state index contributed by atoms with van der Waals surface area (Å²) in [6.07, 6.45) is 1.47. The van der Waals surface area contributed by atoms with E-state index in [0.717, 1.165) is 40.8 Å². The van der Waals surface area contributed by atoms with Crippen LogP contribution in [0.25, 0.3) is 22.2 Å². The van der Waals surface area contributed by atoms with E-state index in [1.165, 1.54) is 6.20 Å². The highest BCUT2D eigenvalue weighted by atomic mass is 35.5. The molecule has 0 atom stereocenters. The molecular weight excluding hydrogens is 437 g/mol. The maximum atomic E-state index is 13.9. The van der Waals surface area contributed by atoms with Crippen LogP contribution in [0.5, 0.6) is 0 Å². The van der Waals surface area contributed by atoms with Gasteiger partial charge >= 0.3 is 5.69 Å². The van der Waals surface area contributed by atoms with Gasteiger partial charge in [0, 0.05) is 29.1 Å². The zero-order valence-electron chi connectivity index (χ0n) is 16.9. The topological polar surface area (TPSA) is 95.1 Å². The van der Waals surface area contributed by atoms with Gasteiger partial charge in [-0.1, -0.05) is 29.8 Å². The summed E-state index contributed by atoms with van der Waals surface area (Å²) >= 11 is 6.51. The molecule has 0 radical (unpaired) electrons. The van der Waals surface area contributed by atoms with Gasteiger partial charge in [-0.3, -0.25) is 10.1 Å². The summed E-state index contributed by atoms with van der Waals surface area (Å²) in [5.41, 5.74) is 3.60. The van der Waals surface area contributed by atoms with Crippen LogP contribution in [-0.2, 0) is 17.9 Å². The Morgan fingerprint density at radius 1 is 1.31 bits per heavy atom. The number of nitrogens with zero attached hydrogens (tertiary/aromatic N) is 4. The minimum Gasteiger partial charge on any atom is -0.373 e. The molecule has 1 aliphatic rings. The molecule has 1 aliphatic heterocycles. The van der Waals surface area contributed by atoms with E-state index >= 15 is 0 Å².